The molecule has 0 amide bonds. The third kappa shape index (κ3) is 1.86. The fourth-order valence-electron chi connectivity index (χ4n) is 2.99. The number of carbonyl (C=O) groups excluding carboxylic acids is 1. The molecule has 0 N–H and O–H groups in total. The van der Waals surface area contributed by atoms with Crippen LogP contribution in [-0.2, 0) is 9.53 Å². The average molecular weight is 218 g/mol. The van der Waals surface area contributed by atoms with Crippen molar-refractivity contribution in [3.8, 4) is 0 Å². The van der Waals surface area contributed by atoms with Gasteiger partial charge in [0.05, 0.1) is 12.5 Å². The summed E-state index contributed by atoms with van der Waals surface area (Å²) in [6.45, 7) is 1.98. The van der Waals surface area contributed by atoms with Crippen molar-refractivity contribution < 1.29 is 18.3 Å². The quantitative estimate of drug-likeness (QED) is 0.666. The molecule has 2 nitrogen and oxygen atoms in total. The molecule has 0 heterocycles. The van der Waals surface area contributed by atoms with Gasteiger partial charge in [0.1, 0.15) is 0 Å². The monoisotopic (exact) mass is 218 g/mol. The lowest BCUT2D eigenvalue weighted by atomic mass is 9.62. The molecule has 15 heavy (non-hydrogen) atoms. The first kappa shape index (κ1) is 10.8. The Morgan fingerprint density at radius 2 is 2.20 bits per heavy atom. The van der Waals surface area contributed by atoms with E-state index in [-0.39, 0.29) is 18.9 Å². The fraction of sp³-hybridized carbons (Fsp3) is 0.909. The lowest BCUT2D eigenvalue weighted by Gasteiger charge is -2.45. The van der Waals surface area contributed by atoms with E-state index in [2.05, 4.69) is 0 Å². The highest BCUT2D eigenvalue weighted by Gasteiger charge is 2.55. The minimum Gasteiger partial charge on any atom is -0.466 e. The van der Waals surface area contributed by atoms with Crippen LogP contribution in [0.15, 0.2) is 0 Å². The Hall–Kier alpha value is -0.670. The summed E-state index contributed by atoms with van der Waals surface area (Å²) in [5.74, 6) is -4.40. The number of hydrogen-bond acceptors (Lipinski definition) is 2. The van der Waals surface area contributed by atoms with Gasteiger partial charge in [0.2, 0.25) is 0 Å². The summed E-state index contributed by atoms with van der Waals surface area (Å²) < 4.78 is 31.9. The molecule has 0 aromatic heterocycles. The minimum absolute atomic E-state index is 0.0133. The van der Waals surface area contributed by atoms with E-state index in [0.717, 1.165) is 6.42 Å². The molecule has 0 saturated heterocycles. The lowest BCUT2D eigenvalue weighted by Crippen LogP contribution is -2.49. The maximum atomic E-state index is 13.5. The lowest BCUT2D eigenvalue weighted by molar-refractivity contribution is -0.183. The van der Waals surface area contributed by atoms with Crippen molar-refractivity contribution in [1.29, 1.82) is 0 Å². The molecule has 0 aromatic rings. The molecule has 3 rings (SSSR count). The molecule has 0 spiro atoms. The van der Waals surface area contributed by atoms with Crippen molar-refractivity contribution in [2.75, 3.05) is 6.61 Å². The summed E-state index contributed by atoms with van der Waals surface area (Å²) in [6, 6.07) is 0. The Balaban J connectivity index is 2.11. The van der Waals surface area contributed by atoms with Gasteiger partial charge in [0, 0.05) is 12.3 Å². The number of halogens is 2. The Morgan fingerprint density at radius 3 is 2.73 bits per heavy atom. The SMILES string of the molecule is CCOC(=O)C1CC2CC[C@H]1C(F)(F)C2. The van der Waals surface area contributed by atoms with Crippen LogP contribution in [0.4, 0.5) is 8.78 Å². The largest absolute Gasteiger partial charge is 0.466 e. The molecule has 3 aliphatic rings. The predicted molar refractivity (Wildman–Crippen MR) is 50.5 cm³/mol. The average Bonchev–Trinajstić information content (AvgIpc) is 2.16. The van der Waals surface area contributed by atoms with Gasteiger partial charge in [-0.3, -0.25) is 4.79 Å². The number of alkyl halides is 2. The highest BCUT2D eigenvalue weighted by Crippen LogP contribution is 2.53. The Kier molecular flexibility index (Phi) is 2.69. The van der Waals surface area contributed by atoms with E-state index in [1.54, 1.807) is 6.92 Å². The molecule has 2 bridgehead atoms. The molecule has 0 aromatic carbocycles. The standard InChI is InChI=1S/C11H16F2O2/c1-2-15-10(14)8-5-7-3-4-9(8)11(12,13)6-7/h7-9H,2-6H2,1H3/t7?,8?,9-/m1/s1. The number of ether oxygens (including phenoxy) is 1. The Morgan fingerprint density at radius 1 is 1.47 bits per heavy atom. The first-order chi connectivity index (χ1) is 7.04. The van der Waals surface area contributed by atoms with Crippen LogP contribution in [0.1, 0.15) is 32.6 Å². The van der Waals surface area contributed by atoms with Crippen LogP contribution in [0.3, 0.4) is 0 Å². The number of carbonyl (C=O) groups is 1. The fourth-order valence-corrected chi connectivity index (χ4v) is 2.99. The molecular formula is C11H16F2O2. The van der Waals surface area contributed by atoms with E-state index in [9.17, 15) is 13.6 Å². The summed E-state index contributed by atoms with van der Waals surface area (Å²) >= 11 is 0. The first-order valence-electron chi connectivity index (χ1n) is 5.59. The van der Waals surface area contributed by atoms with Crippen molar-refractivity contribution in [2.24, 2.45) is 17.8 Å². The van der Waals surface area contributed by atoms with Crippen LogP contribution < -0.4 is 0 Å². The predicted octanol–water partition coefficient (Wildman–Crippen LogP) is 2.62. The number of esters is 1. The summed E-state index contributed by atoms with van der Waals surface area (Å²) in [6.07, 6.45) is 1.88. The van der Waals surface area contributed by atoms with Gasteiger partial charge in [-0.2, -0.15) is 0 Å². The summed E-state index contributed by atoms with van der Waals surface area (Å²) in [4.78, 5) is 11.5. The van der Waals surface area contributed by atoms with Gasteiger partial charge >= 0.3 is 5.97 Å². The summed E-state index contributed by atoms with van der Waals surface area (Å²) in [7, 11) is 0. The smallest absolute Gasteiger partial charge is 0.309 e. The maximum Gasteiger partial charge on any atom is 0.309 e. The first-order valence-corrected chi connectivity index (χ1v) is 5.59. The zero-order valence-corrected chi connectivity index (χ0v) is 8.84. The van der Waals surface area contributed by atoms with Gasteiger partial charge in [0.15, 0.2) is 0 Å². The molecule has 2 unspecified atom stereocenters. The van der Waals surface area contributed by atoms with Gasteiger partial charge in [-0.05, 0) is 32.1 Å². The molecule has 0 radical (unpaired) electrons. The summed E-state index contributed by atoms with van der Waals surface area (Å²) in [5, 5.41) is 0. The molecule has 86 valence electrons. The number of hydrogen-bond donors (Lipinski definition) is 0. The van der Waals surface area contributed by atoms with Crippen molar-refractivity contribution in [2.45, 2.75) is 38.5 Å². The molecule has 4 heteroatoms. The van der Waals surface area contributed by atoms with Gasteiger partial charge in [-0.1, -0.05) is 0 Å². The van der Waals surface area contributed by atoms with E-state index in [1.165, 1.54) is 0 Å². The van der Waals surface area contributed by atoms with Crippen LogP contribution in [0.5, 0.6) is 0 Å². The van der Waals surface area contributed by atoms with Crippen LogP contribution in [0.2, 0.25) is 0 Å². The van der Waals surface area contributed by atoms with E-state index < -0.39 is 23.7 Å². The van der Waals surface area contributed by atoms with E-state index in [4.69, 9.17) is 4.74 Å². The van der Waals surface area contributed by atoms with Crippen LogP contribution in [0, 0.1) is 17.8 Å². The second-order valence-electron chi connectivity index (χ2n) is 4.61. The molecule has 3 atom stereocenters. The van der Waals surface area contributed by atoms with E-state index in [0.29, 0.717) is 12.8 Å². The van der Waals surface area contributed by atoms with Crippen molar-refractivity contribution in [1.82, 2.24) is 0 Å². The topological polar surface area (TPSA) is 26.3 Å². The minimum atomic E-state index is -2.65. The van der Waals surface area contributed by atoms with Crippen LogP contribution in [0.25, 0.3) is 0 Å². The van der Waals surface area contributed by atoms with Crippen LogP contribution in [-0.4, -0.2) is 18.5 Å². The molecular weight excluding hydrogens is 202 g/mol. The Bertz CT molecular complexity index is 265. The molecule has 3 aliphatic carbocycles. The van der Waals surface area contributed by atoms with E-state index >= 15 is 0 Å². The third-order valence-electron chi connectivity index (χ3n) is 3.65. The second kappa shape index (κ2) is 3.72. The number of rotatable bonds is 2. The zero-order chi connectivity index (χ0) is 11.1. The van der Waals surface area contributed by atoms with Crippen molar-refractivity contribution in [3.63, 3.8) is 0 Å². The molecule has 3 fully saturated rings. The normalized spacial score (nSPS) is 37.7. The van der Waals surface area contributed by atoms with Gasteiger partial charge in [0.25, 0.3) is 5.92 Å². The van der Waals surface area contributed by atoms with Crippen LogP contribution >= 0.6 is 0 Å². The summed E-state index contributed by atoms with van der Waals surface area (Å²) in [5.41, 5.74) is 0. The van der Waals surface area contributed by atoms with E-state index in [1.807, 2.05) is 0 Å². The molecule has 3 saturated carbocycles. The number of fused-ring (bicyclic) bond motifs is 3. The van der Waals surface area contributed by atoms with Gasteiger partial charge in [-0.15, -0.1) is 0 Å². The van der Waals surface area contributed by atoms with Gasteiger partial charge < -0.3 is 4.74 Å². The van der Waals surface area contributed by atoms with Crippen molar-refractivity contribution in [3.05, 3.63) is 0 Å². The Labute approximate surface area is 88.0 Å². The third-order valence-corrected chi connectivity index (χ3v) is 3.65. The maximum absolute atomic E-state index is 13.5. The highest BCUT2D eigenvalue weighted by atomic mass is 19.3. The molecule has 0 aliphatic heterocycles. The van der Waals surface area contributed by atoms with Crippen molar-refractivity contribution >= 4 is 5.97 Å². The van der Waals surface area contributed by atoms with Gasteiger partial charge in [-0.25, -0.2) is 8.78 Å². The zero-order valence-electron chi connectivity index (χ0n) is 8.84. The second-order valence-corrected chi connectivity index (χ2v) is 4.61. The highest BCUT2D eigenvalue weighted by molar-refractivity contribution is 5.73.